The lowest BCUT2D eigenvalue weighted by molar-refractivity contribution is 0.443. The number of hydrogen-bond acceptors (Lipinski definition) is 4. The van der Waals surface area contributed by atoms with Crippen LogP contribution in [-0.4, -0.2) is 20.0 Å². The lowest BCUT2D eigenvalue weighted by Gasteiger charge is -2.06. The molecular formula is C12H15N3O2. The van der Waals surface area contributed by atoms with E-state index in [-0.39, 0.29) is 11.5 Å². The Labute approximate surface area is 99.3 Å². The third-order valence-electron chi connectivity index (χ3n) is 2.47. The number of hydrogen-bond donors (Lipinski definition) is 3. The van der Waals surface area contributed by atoms with Crippen LogP contribution in [-0.2, 0) is 20.1 Å². The van der Waals surface area contributed by atoms with Crippen LogP contribution in [0.15, 0.2) is 30.6 Å². The van der Waals surface area contributed by atoms with E-state index in [0.29, 0.717) is 13.1 Å². The van der Waals surface area contributed by atoms with Gasteiger partial charge in [0.2, 0.25) is 0 Å². The molecule has 0 aliphatic heterocycles. The summed E-state index contributed by atoms with van der Waals surface area (Å²) in [5.74, 6) is 0.169. The van der Waals surface area contributed by atoms with Crippen molar-refractivity contribution in [2.45, 2.75) is 13.1 Å². The van der Waals surface area contributed by atoms with Crippen LogP contribution in [0.5, 0.6) is 11.5 Å². The smallest absolute Gasteiger partial charge is 0.123 e. The second kappa shape index (κ2) is 4.88. The van der Waals surface area contributed by atoms with Crippen LogP contribution < -0.4 is 5.32 Å². The summed E-state index contributed by atoms with van der Waals surface area (Å²) >= 11 is 0. The van der Waals surface area contributed by atoms with Crippen molar-refractivity contribution in [1.29, 1.82) is 0 Å². The van der Waals surface area contributed by atoms with Gasteiger partial charge in [-0.1, -0.05) is 6.07 Å². The number of nitrogens with one attached hydrogen (secondary N) is 1. The summed E-state index contributed by atoms with van der Waals surface area (Å²) in [7, 11) is 1.87. The average molecular weight is 233 g/mol. The minimum atomic E-state index is 0.0681. The van der Waals surface area contributed by atoms with Gasteiger partial charge in [-0.15, -0.1) is 0 Å². The Bertz CT molecular complexity index is 508. The monoisotopic (exact) mass is 233 g/mol. The number of nitrogens with zero attached hydrogens (tertiary/aromatic N) is 2. The van der Waals surface area contributed by atoms with E-state index in [1.54, 1.807) is 23.0 Å². The number of rotatable bonds is 4. The first-order chi connectivity index (χ1) is 8.15. The largest absolute Gasteiger partial charge is 0.508 e. The minimum Gasteiger partial charge on any atom is -0.508 e. The Kier molecular flexibility index (Phi) is 3.30. The topological polar surface area (TPSA) is 70.3 Å². The second-order valence-corrected chi connectivity index (χ2v) is 3.94. The summed E-state index contributed by atoms with van der Waals surface area (Å²) in [4.78, 5) is 0. The molecule has 1 heterocycles. The van der Waals surface area contributed by atoms with Crippen molar-refractivity contribution in [1.82, 2.24) is 15.1 Å². The summed E-state index contributed by atoms with van der Waals surface area (Å²) in [5, 5.41) is 26.0. The van der Waals surface area contributed by atoms with Crippen LogP contribution >= 0.6 is 0 Å². The zero-order valence-electron chi connectivity index (χ0n) is 9.59. The lowest BCUT2D eigenvalue weighted by atomic mass is 10.2. The highest BCUT2D eigenvalue weighted by molar-refractivity contribution is 5.38. The number of aromatic nitrogens is 2. The summed E-state index contributed by atoms with van der Waals surface area (Å²) in [5.41, 5.74) is 1.84. The number of aromatic hydroxyl groups is 2. The van der Waals surface area contributed by atoms with Gasteiger partial charge in [-0.2, -0.15) is 5.10 Å². The Morgan fingerprint density at radius 3 is 2.76 bits per heavy atom. The molecule has 0 bridgehead atoms. The number of benzene rings is 1. The number of phenolic OH excluding ortho intramolecular Hbond substituents is 2. The molecule has 5 heteroatoms. The average Bonchev–Trinajstić information content (AvgIpc) is 2.68. The summed E-state index contributed by atoms with van der Waals surface area (Å²) in [6.07, 6.45) is 3.73. The Hall–Kier alpha value is -2.01. The fraction of sp³-hybridized carbons (Fsp3) is 0.250. The molecule has 0 aliphatic carbocycles. The first-order valence-electron chi connectivity index (χ1n) is 5.34. The van der Waals surface area contributed by atoms with E-state index in [9.17, 15) is 5.11 Å². The first-order valence-corrected chi connectivity index (χ1v) is 5.34. The van der Waals surface area contributed by atoms with Gasteiger partial charge in [0.15, 0.2) is 0 Å². The molecule has 0 amide bonds. The summed E-state index contributed by atoms with van der Waals surface area (Å²) in [6.45, 7) is 1.23. The maximum absolute atomic E-state index is 9.58. The predicted octanol–water partition coefficient (Wildman–Crippen LogP) is 1.12. The van der Waals surface area contributed by atoms with E-state index < -0.39 is 0 Å². The molecule has 2 rings (SSSR count). The van der Waals surface area contributed by atoms with E-state index in [2.05, 4.69) is 10.4 Å². The van der Waals surface area contributed by atoms with E-state index in [0.717, 1.165) is 11.1 Å². The molecule has 0 aliphatic rings. The third-order valence-corrected chi connectivity index (χ3v) is 2.47. The molecule has 0 saturated carbocycles. The highest BCUT2D eigenvalue weighted by atomic mass is 16.3. The van der Waals surface area contributed by atoms with Gasteiger partial charge in [-0.05, 0) is 6.07 Å². The SMILES string of the molecule is Cn1cc(CNCc2ccc(O)cc2O)cn1. The molecule has 1 aromatic carbocycles. The number of phenols is 2. The van der Waals surface area contributed by atoms with Crippen LogP contribution in [0.3, 0.4) is 0 Å². The number of aryl methyl sites for hydroxylation is 1. The maximum atomic E-state index is 9.58. The van der Waals surface area contributed by atoms with Crippen LogP contribution in [0.4, 0.5) is 0 Å². The van der Waals surface area contributed by atoms with Crippen molar-refractivity contribution in [2.75, 3.05) is 0 Å². The Morgan fingerprint density at radius 1 is 1.29 bits per heavy atom. The van der Waals surface area contributed by atoms with Gasteiger partial charge in [0.05, 0.1) is 6.20 Å². The van der Waals surface area contributed by atoms with Gasteiger partial charge in [0.25, 0.3) is 0 Å². The molecule has 2 aromatic rings. The van der Waals surface area contributed by atoms with Gasteiger partial charge in [-0.25, -0.2) is 0 Å². The molecule has 1 aromatic heterocycles. The second-order valence-electron chi connectivity index (χ2n) is 3.94. The molecule has 0 radical (unpaired) electrons. The van der Waals surface area contributed by atoms with Crippen molar-refractivity contribution < 1.29 is 10.2 Å². The minimum absolute atomic E-state index is 0.0681. The molecule has 0 saturated heterocycles. The molecule has 17 heavy (non-hydrogen) atoms. The van der Waals surface area contributed by atoms with Gasteiger partial charge >= 0.3 is 0 Å². The van der Waals surface area contributed by atoms with Gasteiger partial charge in [-0.3, -0.25) is 4.68 Å². The van der Waals surface area contributed by atoms with E-state index in [4.69, 9.17) is 5.11 Å². The van der Waals surface area contributed by atoms with Crippen molar-refractivity contribution in [2.24, 2.45) is 7.05 Å². The predicted molar refractivity (Wildman–Crippen MR) is 63.5 cm³/mol. The molecule has 5 nitrogen and oxygen atoms in total. The Balaban J connectivity index is 1.90. The van der Waals surface area contributed by atoms with Gasteiger partial charge in [0.1, 0.15) is 11.5 Å². The zero-order chi connectivity index (χ0) is 12.3. The molecule has 90 valence electrons. The quantitative estimate of drug-likeness (QED) is 0.740. The van der Waals surface area contributed by atoms with Crippen LogP contribution in [0.2, 0.25) is 0 Å². The van der Waals surface area contributed by atoms with Crippen molar-refractivity contribution in [3.8, 4) is 11.5 Å². The molecular weight excluding hydrogens is 218 g/mol. The van der Waals surface area contributed by atoms with Gasteiger partial charge < -0.3 is 15.5 Å². The fourth-order valence-electron chi connectivity index (χ4n) is 1.61. The molecule has 0 atom stereocenters. The first kappa shape index (κ1) is 11.5. The fourth-order valence-corrected chi connectivity index (χ4v) is 1.61. The molecule has 3 N–H and O–H groups in total. The van der Waals surface area contributed by atoms with Crippen molar-refractivity contribution >= 4 is 0 Å². The summed E-state index contributed by atoms with van der Waals surface area (Å²) in [6, 6.07) is 4.59. The summed E-state index contributed by atoms with van der Waals surface area (Å²) < 4.78 is 1.75. The van der Waals surface area contributed by atoms with Crippen molar-refractivity contribution in [3.63, 3.8) is 0 Å². The highest BCUT2D eigenvalue weighted by Crippen LogP contribution is 2.22. The van der Waals surface area contributed by atoms with E-state index in [1.807, 2.05) is 13.2 Å². The van der Waals surface area contributed by atoms with Crippen LogP contribution in [0.1, 0.15) is 11.1 Å². The zero-order valence-corrected chi connectivity index (χ0v) is 9.59. The van der Waals surface area contributed by atoms with Crippen molar-refractivity contribution in [3.05, 3.63) is 41.7 Å². The normalized spacial score (nSPS) is 10.6. The van der Waals surface area contributed by atoms with E-state index >= 15 is 0 Å². The third kappa shape index (κ3) is 2.98. The van der Waals surface area contributed by atoms with Crippen LogP contribution in [0, 0.1) is 0 Å². The molecule has 0 unspecified atom stereocenters. The molecule has 0 spiro atoms. The lowest BCUT2D eigenvalue weighted by Crippen LogP contribution is -2.12. The Morgan fingerprint density at radius 2 is 2.12 bits per heavy atom. The highest BCUT2D eigenvalue weighted by Gasteiger charge is 2.02. The molecule has 0 fully saturated rings. The standard InChI is InChI=1S/C12H15N3O2/c1-15-8-9(6-14-15)5-13-7-10-2-3-11(16)4-12(10)17/h2-4,6,8,13,16-17H,5,7H2,1H3. The van der Waals surface area contributed by atoms with Crippen LogP contribution in [0.25, 0.3) is 0 Å². The van der Waals surface area contributed by atoms with Gasteiger partial charge in [0, 0.05) is 43.5 Å². The maximum Gasteiger partial charge on any atom is 0.123 e. The van der Waals surface area contributed by atoms with E-state index in [1.165, 1.54) is 6.07 Å².